The van der Waals surface area contributed by atoms with Gasteiger partial charge in [-0.1, -0.05) is 137 Å². The third-order valence-corrected chi connectivity index (χ3v) is 13.6. The molecule has 0 bridgehead atoms. The van der Waals surface area contributed by atoms with Crippen molar-refractivity contribution in [3.8, 4) is 34.7 Å². The second kappa shape index (κ2) is 13.8. The summed E-state index contributed by atoms with van der Waals surface area (Å²) in [7, 11) is 0. The van der Waals surface area contributed by atoms with Gasteiger partial charge in [0.1, 0.15) is 0 Å². The lowest BCUT2D eigenvalue weighted by atomic mass is 10.1. The van der Waals surface area contributed by atoms with Gasteiger partial charge in [-0.25, -0.2) is 0 Å². The van der Waals surface area contributed by atoms with Crippen molar-refractivity contribution in [1.82, 2.24) is 33.2 Å². The van der Waals surface area contributed by atoms with Crippen molar-refractivity contribution in [1.29, 1.82) is 0 Å². The number of nitrogens with zero attached hydrogens (tertiary/aromatic N) is 7. The number of benzene rings is 9. The molecule has 7 nitrogen and oxygen atoms in total. The normalized spacial score (nSPS) is 12.1. The minimum absolute atomic E-state index is 0.538. The van der Waals surface area contributed by atoms with Crippen LogP contribution in [0, 0.1) is 0 Å². The van der Waals surface area contributed by atoms with E-state index < -0.39 is 0 Å². The summed E-state index contributed by atoms with van der Waals surface area (Å²) in [4.78, 5) is 16.1. The molecule has 0 fully saturated rings. The highest BCUT2D eigenvalue weighted by Gasteiger charge is 2.22. The summed E-state index contributed by atoms with van der Waals surface area (Å²) in [6.07, 6.45) is 0. The number of aromatic nitrogens is 7. The molecule has 0 aliphatic carbocycles. The van der Waals surface area contributed by atoms with Gasteiger partial charge in [-0.15, -0.1) is 0 Å². The summed E-state index contributed by atoms with van der Waals surface area (Å²) in [6.45, 7) is 0. The van der Waals surface area contributed by atoms with Gasteiger partial charge in [0.15, 0.2) is 5.82 Å². The first-order valence-corrected chi connectivity index (χ1v) is 22.5. The van der Waals surface area contributed by atoms with Gasteiger partial charge in [0.25, 0.3) is 0 Å². The van der Waals surface area contributed by atoms with Crippen LogP contribution in [0.25, 0.3) is 122 Å². The van der Waals surface area contributed by atoms with E-state index in [-0.39, 0.29) is 0 Å². The molecule has 0 atom stereocenters. The number of halogens is 1. The van der Waals surface area contributed by atoms with E-state index in [0.29, 0.717) is 17.7 Å². The molecular weight excluding hydrogens is 863 g/mol. The Bertz CT molecular complexity index is 3910. The zero-order valence-corrected chi connectivity index (χ0v) is 36.2. The standard InChI is InChI=1S/C57H34BrN7/c58-36-27-25-35(26-28-36)55-59-56(64-51-23-11-5-17-43(51)45-33-37(29-31-53(45)64)62-47-19-7-1-13-39(47)40-14-2-8-20-48(40)62)61-57(60-55)65-52-24-12-6-18-44(52)46-34-38(30-32-54(46)65)63-49-21-9-3-15-41(49)42-16-4-10-22-50(42)63/h1-34H. The van der Waals surface area contributed by atoms with Crippen LogP contribution in [0.1, 0.15) is 0 Å². The van der Waals surface area contributed by atoms with Crippen molar-refractivity contribution in [2.24, 2.45) is 0 Å². The summed E-state index contributed by atoms with van der Waals surface area (Å²) in [5.74, 6) is 1.66. The van der Waals surface area contributed by atoms with E-state index in [1.807, 2.05) is 12.1 Å². The van der Waals surface area contributed by atoms with Crippen molar-refractivity contribution in [2.75, 3.05) is 0 Å². The van der Waals surface area contributed by atoms with Gasteiger partial charge >= 0.3 is 0 Å². The van der Waals surface area contributed by atoms with Crippen molar-refractivity contribution in [2.45, 2.75) is 0 Å². The van der Waals surface area contributed by atoms with E-state index in [9.17, 15) is 0 Å². The Morgan fingerprint density at radius 2 is 0.585 bits per heavy atom. The smallest absolute Gasteiger partial charge is 0.240 e. The van der Waals surface area contributed by atoms with E-state index in [1.54, 1.807) is 0 Å². The van der Waals surface area contributed by atoms with Gasteiger partial charge in [0.05, 0.1) is 44.1 Å². The minimum Gasteiger partial charge on any atom is -0.309 e. The molecule has 0 saturated heterocycles. The molecule has 9 aromatic carbocycles. The monoisotopic (exact) mass is 895 g/mol. The Labute approximate surface area is 379 Å². The zero-order chi connectivity index (χ0) is 42.8. The Kier molecular flexibility index (Phi) is 7.70. The number of para-hydroxylation sites is 6. The highest BCUT2D eigenvalue weighted by Crippen LogP contribution is 2.39. The Morgan fingerprint density at radius 3 is 0.954 bits per heavy atom. The fraction of sp³-hybridized carbons (Fsp3) is 0. The van der Waals surface area contributed by atoms with Crippen molar-refractivity contribution in [3.63, 3.8) is 0 Å². The van der Waals surface area contributed by atoms with Crippen LogP contribution in [0.2, 0.25) is 0 Å². The molecule has 0 unspecified atom stereocenters. The Morgan fingerprint density at radius 1 is 0.277 bits per heavy atom. The molecule has 0 aliphatic heterocycles. The van der Waals surface area contributed by atoms with Crippen LogP contribution in [0.3, 0.4) is 0 Å². The number of hydrogen-bond acceptors (Lipinski definition) is 3. The minimum atomic E-state index is 0.538. The van der Waals surface area contributed by atoms with Crippen LogP contribution < -0.4 is 0 Å². The Hall–Kier alpha value is -8.33. The predicted octanol–water partition coefficient (Wildman–Crippen LogP) is 14.7. The lowest BCUT2D eigenvalue weighted by Gasteiger charge is -2.13. The topological polar surface area (TPSA) is 58.4 Å². The maximum atomic E-state index is 5.45. The molecule has 0 saturated carbocycles. The molecule has 5 aromatic heterocycles. The van der Waals surface area contributed by atoms with Crippen molar-refractivity contribution < 1.29 is 0 Å². The van der Waals surface area contributed by atoms with E-state index in [4.69, 9.17) is 15.0 Å². The summed E-state index contributed by atoms with van der Waals surface area (Å²) >= 11 is 3.65. The van der Waals surface area contributed by atoms with Gasteiger partial charge in [-0.05, 0) is 84.9 Å². The fourth-order valence-electron chi connectivity index (χ4n) is 10.3. The second-order valence-corrected chi connectivity index (χ2v) is 17.5. The maximum absolute atomic E-state index is 5.45. The molecule has 304 valence electrons. The van der Waals surface area contributed by atoms with Gasteiger partial charge in [-0.2, -0.15) is 15.0 Å². The van der Waals surface area contributed by atoms with Crippen LogP contribution in [0.4, 0.5) is 0 Å². The fourth-order valence-corrected chi connectivity index (χ4v) is 10.6. The molecule has 0 spiro atoms. The maximum Gasteiger partial charge on any atom is 0.240 e. The van der Waals surface area contributed by atoms with Crippen LogP contribution >= 0.6 is 15.9 Å². The molecular formula is C57H34BrN7. The lowest BCUT2D eigenvalue weighted by molar-refractivity contribution is 0.892. The average Bonchev–Trinajstić information content (AvgIpc) is 4.09. The van der Waals surface area contributed by atoms with E-state index in [1.165, 1.54) is 43.6 Å². The van der Waals surface area contributed by atoms with E-state index in [2.05, 4.69) is 228 Å². The predicted molar refractivity (Wildman–Crippen MR) is 270 cm³/mol. The lowest BCUT2D eigenvalue weighted by Crippen LogP contribution is -2.10. The quantitative estimate of drug-likeness (QED) is 0.173. The largest absolute Gasteiger partial charge is 0.309 e. The average molecular weight is 897 g/mol. The summed E-state index contributed by atoms with van der Waals surface area (Å²) in [6, 6.07) is 73.4. The van der Waals surface area contributed by atoms with Crippen LogP contribution in [-0.4, -0.2) is 33.2 Å². The van der Waals surface area contributed by atoms with Crippen molar-refractivity contribution in [3.05, 3.63) is 211 Å². The first-order valence-electron chi connectivity index (χ1n) is 21.7. The molecule has 0 N–H and O–H groups in total. The summed E-state index contributed by atoms with van der Waals surface area (Å²) in [5.41, 5.74) is 11.8. The van der Waals surface area contributed by atoms with Gasteiger partial charge < -0.3 is 9.13 Å². The summed E-state index contributed by atoms with van der Waals surface area (Å²) < 4.78 is 10.1. The van der Waals surface area contributed by atoms with Gasteiger partial charge in [0, 0.05) is 64.5 Å². The molecule has 14 aromatic rings. The summed E-state index contributed by atoms with van der Waals surface area (Å²) in [5, 5.41) is 9.39. The van der Waals surface area contributed by atoms with Gasteiger partial charge in [-0.3, -0.25) is 9.13 Å². The number of rotatable bonds is 5. The third-order valence-electron chi connectivity index (χ3n) is 13.1. The Balaban J connectivity index is 1.01. The number of hydrogen-bond donors (Lipinski definition) is 0. The molecule has 0 aliphatic rings. The first-order chi connectivity index (χ1) is 32.2. The van der Waals surface area contributed by atoms with Gasteiger partial charge in [0.2, 0.25) is 11.9 Å². The molecule has 5 heterocycles. The van der Waals surface area contributed by atoms with Crippen molar-refractivity contribution >= 4 is 103 Å². The molecule has 14 rings (SSSR count). The van der Waals surface area contributed by atoms with E-state index >= 15 is 0 Å². The highest BCUT2D eigenvalue weighted by atomic mass is 79.9. The molecule has 0 amide bonds. The van der Waals surface area contributed by atoms with Crippen LogP contribution in [-0.2, 0) is 0 Å². The highest BCUT2D eigenvalue weighted by molar-refractivity contribution is 9.10. The van der Waals surface area contributed by atoms with Crippen LogP contribution in [0.5, 0.6) is 0 Å². The zero-order valence-electron chi connectivity index (χ0n) is 34.6. The number of fused-ring (bicyclic) bond motifs is 12. The second-order valence-electron chi connectivity index (χ2n) is 16.6. The molecule has 65 heavy (non-hydrogen) atoms. The molecule has 8 heteroatoms. The SMILES string of the molecule is Brc1ccc(-c2nc(-n3c4ccccc4c4cc(-n5c6ccccc6c6ccccc65)ccc43)nc(-n3c4ccccc4c4cc(-n5c6ccccc6c6ccccc65)ccc43)n2)cc1. The third kappa shape index (κ3) is 5.32. The van der Waals surface area contributed by atoms with E-state index in [0.717, 1.165) is 65.0 Å². The first kappa shape index (κ1) is 36.2. The molecule has 0 radical (unpaired) electrons. The van der Waals surface area contributed by atoms with Crippen LogP contribution in [0.15, 0.2) is 211 Å².